The molecule has 0 amide bonds. The molecule has 2 N–H and O–H groups in total. The van der Waals surface area contributed by atoms with Gasteiger partial charge in [-0.25, -0.2) is 9.97 Å². The number of ether oxygens (including phenoxy) is 1. The van der Waals surface area contributed by atoms with Crippen LogP contribution in [0.4, 0.5) is 5.95 Å². The second-order valence-electron chi connectivity index (χ2n) is 7.27. The molecule has 1 fully saturated rings. The minimum absolute atomic E-state index is 0.299. The lowest BCUT2D eigenvalue weighted by Crippen LogP contribution is -2.30. The van der Waals surface area contributed by atoms with Crippen LogP contribution in [0.3, 0.4) is 0 Å². The maximum atomic E-state index is 5.62. The highest BCUT2D eigenvalue weighted by Gasteiger charge is 2.22. The van der Waals surface area contributed by atoms with E-state index in [9.17, 15) is 0 Å². The van der Waals surface area contributed by atoms with Crippen molar-refractivity contribution in [2.45, 2.75) is 58.2 Å². The summed E-state index contributed by atoms with van der Waals surface area (Å²) in [7, 11) is 0. The molecule has 0 aliphatic carbocycles. The zero-order valence-corrected chi connectivity index (χ0v) is 15.5. The van der Waals surface area contributed by atoms with E-state index in [4.69, 9.17) is 4.74 Å². The third-order valence-electron chi connectivity index (χ3n) is 5.21. The molecule has 2 aromatic heterocycles. The number of aromatic nitrogens is 4. The van der Waals surface area contributed by atoms with Gasteiger partial charge in [0.1, 0.15) is 0 Å². The molecule has 4 rings (SSSR count). The van der Waals surface area contributed by atoms with E-state index in [2.05, 4.69) is 37.3 Å². The first-order valence-electron chi connectivity index (χ1n) is 9.75. The number of anilines is 1. The molecular formula is C19H28N6O. The maximum Gasteiger partial charge on any atom is 0.222 e. The zero-order chi connectivity index (χ0) is 17.8. The molecule has 0 bridgehead atoms. The molecule has 2 aliphatic heterocycles. The Morgan fingerprint density at radius 1 is 1.35 bits per heavy atom. The molecular weight excluding hydrogens is 328 g/mol. The van der Waals surface area contributed by atoms with Crippen LogP contribution in [0.15, 0.2) is 12.4 Å². The van der Waals surface area contributed by atoms with Crippen molar-refractivity contribution in [2.75, 3.05) is 25.0 Å². The summed E-state index contributed by atoms with van der Waals surface area (Å²) in [6.45, 7) is 6.74. The van der Waals surface area contributed by atoms with Gasteiger partial charge in [0.25, 0.3) is 0 Å². The van der Waals surface area contributed by atoms with E-state index in [0.29, 0.717) is 12.1 Å². The van der Waals surface area contributed by atoms with Crippen molar-refractivity contribution in [1.29, 1.82) is 0 Å². The number of aryl methyl sites for hydroxylation is 1. The fourth-order valence-electron chi connectivity index (χ4n) is 3.79. The predicted octanol–water partition coefficient (Wildman–Crippen LogP) is 2.30. The SMILES string of the molecule is CCCc1n[nH]c2c1CN(Cc1cnc(NCC3CCCO3)nc1)CC2. The van der Waals surface area contributed by atoms with Crippen LogP contribution in [-0.4, -0.2) is 50.9 Å². The minimum atomic E-state index is 0.299. The van der Waals surface area contributed by atoms with Crippen molar-refractivity contribution >= 4 is 5.95 Å². The quantitative estimate of drug-likeness (QED) is 0.792. The highest BCUT2D eigenvalue weighted by Crippen LogP contribution is 2.22. The number of rotatable bonds is 7. The van der Waals surface area contributed by atoms with Crippen molar-refractivity contribution in [3.63, 3.8) is 0 Å². The third-order valence-corrected chi connectivity index (χ3v) is 5.21. The molecule has 7 nitrogen and oxygen atoms in total. The van der Waals surface area contributed by atoms with Gasteiger partial charge >= 0.3 is 0 Å². The average molecular weight is 356 g/mol. The first-order chi connectivity index (χ1) is 12.8. The molecule has 140 valence electrons. The van der Waals surface area contributed by atoms with Crippen LogP contribution in [-0.2, 0) is 30.7 Å². The van der Waals surface area contributed by atoms with Gasteiger partial charge in [-0.05, 0) is 19.3 Å². The molecule has 0 radical (unpaired) electrons. The average Bonchev–Trinajstić information content (AvgIpc) is 3.32. The largest absolute Gasteiger partial charge is 0.376 e. The van der Waals surface area contributed by atoms with Crippen LogP contribution in [0.2, 0.25) is 0 Å². The molecule has 26 heavy (non-hydrogen) atoms. The molecule has 2 aromatic rings. The van der Waals surface area contributed by atoms with E-state index < -0.39 is 0 Å². The highest BCUT2D eigenvalue weighted by molar-refractivity contribution is 5.28. The van der Waals surface area contributed by atoms with Crippen LogP contribution in [0.25, 0.3) is 0 Å². The molecule has 0 saturated carbocycles. The Kier molecular flexibility index (Phi) is 5.45. The summed E-state index contributed by atoms with van der Waals surface area (Å²) in [4.78, 5) is 11.4. The first-order valence-corrected chi connectivity index (χ1v) is 9.75. The van der Waals surface area contributed by atoms with Gasteiger partial charge in [0.15, 0.2) is 0 Å². The number of fused-ring (bicyclic) bond motifs is 1. The summed E-state index contributed by atoms with van der Waals surface area (Å²) >= 11 is 0. The van der Waals surface area contributed by atoms with Crippen LogP contribution in [0, 0.1) is 0 Å². The number of aromatic amines is 1. The van der Waals surface area contributed by atoms with E-state index in [1.54, 1.807) is 0 Å². The Hall–Kier alpha value is -1.99. The summed E-state index contributed by atoms with van der Waals surface area (Å²) in [5.74, 6) is 0.685. The Bertz CT molecular complexity index is 707. The third kappa shape index (κ3) is 4.04. The Morgan fingerprint density at radius 3 is 3.00 bits per heavy atom. The maximum absolute atomic E-state index is 5.62. The van der Waals surface area contributed by atoms with Crippen LogP contribution >= 0.6 is 0 Å². The highest BCUT2D eigenvalue weighted by atomic mass is 16.5. The molecule has 0 spiro atoms. The van der Waals surface area contributed by atoms with Gasteiger partial charge in [-0.3, -0.25) is 10.00 Å². The van der Waals surface area contributed by atoms with Gasteiger partial charge in [0.2, 0.25) is 5.95 Å². The Balaban J connectivity index is 1.32. The summed E-state index contributed by atoms with van der Waals surface area (Å²) in [5.41, 5.74) is 5.09. The van der Waals surface area contributed by atoms with Crippen LogP contribution in [0.5, 0.6) is 0 Å². The molecule has 2 aliphatic rings. The van der Waals surface area contributed by atoms with Gasteiger partial charge in [-0.15, -0.1) is 0 Å². The smallest absolute Gasteiger partial charge is 0.222 e. The van der Waals surface area contributed by atoms with E-state index in [-0.39, 0.29) is 0 Å². The lowest BCUT2D eigenvalue weighted by Gasteiger charge is -2.26. The minimum Gasteiger partial charge on any atom is -0.376 e. The van der Waals surface area contributed by atoms with Crippen molar-refractivity contribution < 1.29 is 4.74 Å². The fraction of sp³-hybridized carbons (Fsp3) is 0.632. The normalized spacial score (nSPS) is 20.3. The Labute approximate surface area is 154 Å². The molecule has 1 atom stereocenters. The number of hydrogen-bond donors (Lipinski definition) is 2. The van der Waals surface area contributed by atoms with Gasteiger partial charge in [0.05, 0.1) is 11.8 Å². The van der Waals surface area contributed by atoms with Gasteiger partial charge in [-0.2, -0.15) is 5.10 Å². The summed E-state index contributed by atoms with van der Waals surface area (Å²) in [5, 5.41) is 11.0. The van der Waals surface area contributed by atoms with Crippen molar-refractivity contribution in [1.82, 2.24) is 25.1 Å². The Morgan fingerprint density at radius 2 is 2.23 bits per heavy atom. The zero-order valence-electron chi connectivity index (χ0n) is 15.5. The summed E-state index contributed by atoms with van der Waals surface area (Å²) in [6, 6.07) is 0. The topological polar surface area (TPSA) is 79.0 Å². The van der Waals surface area contributed by atoms with E-state index in [0.717, 1.165) is 70.5 Å². The monoisotopic (exact) mass is 356 g/mol. The first kappa shape index (κ1) is 17.4. The van der Waals surface area contributed by atoms with Gasteiger partial charge < -0.3 is 10.1 Å². The second-order valence-corrected chi connectivity index (χ2v) is 7.27. The van der Waals surface area contributed by atoms with Crippen LogP contribution in [0.1, 0.15) is 48.7 Å². The molecule has 7 heteroatoms. The second kappa shape index (κ2) is 8.14. The fourth-order valence-corrected chi connectivity index (χ4v) is 3.79. The van der Waals surface area contributed by atoms with E-state index in [1.807, 2.05) is 12.4 Å². The lowest BCUT2D eigenvalue weighted by molar-refractivity contribution is 0.120. The van der Waals surface area contributed by atoms with Crippen molar-refractivity contribution in [3.05, 3.63) is 34.9 Å². The summed E-state index contributed by atoms with van der Waals surface area (Å²) in [6.07, 6.45) is 9.66. The number of nitrogens with zero attached hydrogens (tertiary/aromatic N) is 4. The number of nitrogens with one attached hydrogen (secondary N) is 2. The summed E-state index contributed by atoms with van der Waals surface area (Å²) < 4.78 is 5.62. The van der Waals surface area contributed by atoms with Crippen molar-refractivity contribution in [2.24, 2.45) is 0 Å². The van der Waals surface area contributed by atoms with Gasteiger partial charge in [0, 0.05) is 68.4 Å². The number of hydrogen-bond acceptors (Lipinski definition) is 6. The standard InChI is InChI=1S/C19H28N6O/c1-2-4-17-16-13-25(7-6-18(16)24-23-17)12-14-9-20-19(21-10-14)22-11-15-5-3-8-26-15/h9-10,15H,2-8,11-13H2,1H3,(H,23,24)(H,20,21,22). The van der Waals surface area contributed by atoms with E-state index in [1.165, 1.54) is 17.0 Å². The molecule has 1 saturated heterocycles. The van der Waals surface area contributed by atoms with Crippen molar-refractivity contribution in [3.8, 4) is 0 Å². The van der Waals surface area contributed by atoms with E-state index >= 15 is 0 Å². The molecule has 0 aromatic carbocycles. The van der Waals surface area contributed by atoms with Gasteiger partial charge in [-0.1, -0.05) is 13.3 Å². The molecule has 1 unspecified atom stereocenters. The molecule has 4 heterocycles. The predicted molar refractivity (Wildman–Crippen MR) is 99.9 cm³/mol. The van der Waals surface area contributed by atoms with Crippen LogP contribution < -0.4 is 5.32 Å². The lowest BCUT2D eigenvalue weighted by atomic mass is 10.0. The number of H-pyrrole nitrogens is 1.